The zero-order valence-corrected chi connectivity index (χ0v) is 18.6. The van der Waals surface area contributed by atoms with Crippen LogP contribution in [0.1, 0.15) is 43.1 Å². The largest absolute Gasteiger partial charge is 0.368 e. The maximum Gasteiger partial charge on any atom is 0.125 e. The van der Waals surface area contributed by atoms with Gasteiger partial charge in [0.25, 0.3) is 0 Å². The summed E-state index contributed by atoms with van der Waals surface area (Å²) in [6.45, 7) is 5.71. The molecule has 0 amide bonds. The maximum atomic E-state index is 4.78. The fourth-order valence-corrected chi connectivity index (χ4v) is 4.56. The van der Waals surface area contributed by atoms with Crippen molar-refractivity contribution in [3.8, 4) is 22.4 Å². The monoisotopic (exact) mass is 428 g/mol. The van der Waals surface area contributed by atoms with Gasteiger partial charge in [-0.05, 0) is 38.8 Å². The van der Waals surface area contributed by atoms with Crippen LogP contribution in [0.4, 0.5) is 5.82 Å². The van der Waals surface area contributed by atoms with E-state index >= 15 is 0 Å². The van der Waals surface area contributed by atoms with Gasteiger partial charge < -0.3 is 5.32 Å². The van der Waals surface area contributed by atoms with Crippen LogP contribution in [0, 0.1) is 13.8 Å². The molecule has 32 heavy (non-hydrogen) atoms. The van der Waals surface area contributed by atoms with E-state index in [0.29, 0.717) is 6.04 Å². The summed E-state index contributed by atoms with van der Waals surface area (Å²) < 4.78 is 4.22. The lowest BCUT2D eigenvalue weighted by Crippen LogP contribution is -2.13. The average Bonchev–Trinajstić information content (AvgIpc) is 3.56. The molecule has 0 radical (unpaired) electrons. The van der Waals surface area contributed by atoms with Gasteiger partial charge in [0.05, 0.1) is 36.4 Å². The Labute approximate surface area is 187 Å². The van der Waals surface area contributed by atoms with E-state index in [1.165, 1.54) is 36.9 Å². The Bertz CT molecular complexity index is 1170. The smallest absolute Gasteiger partial charge is 0.125 e. The Kier molecular flexibility index (Phi) is 5.66. The molecule has 4 heterocycles. The molecular formula is C24H28N8. The molecule has 0 unspecified atom stereocenters. The first-order valence-corrected chi connectivity index (χ1v) is 11.2. The second kappa shape index (κ2) is 8.90. The molecule has 1 saturated carbocycles. The van der Waals surface area contributed by atoms with Gasteiger partial charge in [-0.1, -0.05) is 12.8 Å². The van der Waals surface area contributed by atoms with E-state index in [1.54, 1.807) is 18.6 Å². The van der Waals surface area contributed by atoms with Crippen molar-refractivity contribution in [2.24, 2.45) is 0 Å². The number of aromatic nitrogens is 7. The number of nitrogens with zero attached hydrogens (tertiary/aromatic N) is 7. The standard InChI is InChI=1S/C24H28N8/c1-17-24(20-14-29-32(16-20)21-5-3-4-6-21)18(2)31(30-17)12-11-27-23-8-7-19(13-28-23)22-15-25-9-10-26-22/h7-10,13-16,21H,3-6,11-12H2,1-2H3,(H,27,28). The molecule has 4 aromatic heterocycles. The van der Waals surface area contributed by atoms with E-state index in [9.17, 15) is 0 Å². The predicted octanol–water partition coefficient (Wildman–Crippen LogP) is 4.44. The SMILES string of the molecule is Cc1nn(CCNc2ccc(-c3cnccn3)cn2)c(C)c1-c1cnn(C2CCCC2)c1. The normalized spacial score (nSPS) is 14.2. The molecule has 1 aliphatic carbocycles. The van der Waals surface area contributed by atoms with Gasteiger partial charge in [-0.15, -0.1) is 0 Å². The highest BCUT2D eigenvalue weighted by atomic mass is 15.3. The van der Waals surface area contributed by atoms with Crippen LogP contribution in [0.5, 0.6) is 0 Å². The summed E-state index contributed by atoms with van der Waals surface area (Å²) >= 11 is 0. The van der Waals surface area contributed by atoms with Crippen LogP contribution in [0.2, 0.25) is 0 Å². The van der Waals surface area contributed by atoms with Gasteiger partial charge in [-0.3, -0.25) is 19.3 Å². The lowest BCUT2D eigenvalue weighted by molar-refractivity contribution is 0.467. The van der Waals surface area contributed by atoms with Crippen molar-refractivity contribution in [2.75, 3.05) is 11.9 Å². The van der Waals surface area contributed by atoms with Crippen LogP contribution in [0.15, 0.2) is 49.3 Å². The quantitative estimate of drug-likeness (QED) is 0.468. The summed E-state index contributed by atoms with van der Waals surface area (Å²) in [5.41, 5.74) is 6.33. The van der Waals surface area contributed by atoms with Crippen LogP contribution in [0.3, 0.4) is 0 Å². The fourth-order valence-electron chi connectivity index (χ4n) is 4.56. The van der Waals surface area contributed by atoms with Crippen molar-refractivity contribution in [1.82, 2.24) is 34.5 Å². The molecule has 1 fully saturated rings. The number of aryl methyl sites for hydroxylation is 1. The van der Waals surface area contributed by atoms with Crippen molar-refractivity contribution in [3.05, 3.63) is 60.7 Å². The number of pyridine rings is 1. The summed E-state index contributed by atoms with van der Waals surface area (Å²) in [5.74, 6) is 0.831. The first-order valence-electron chi connectivity index (χ1n) is 11.2. The second-order valence-corrected chi connectivity index (χ2v) is 8.37. The van der Waals surface area contributed by atoms with Crippen molar-refractivity contribution >= 4 is 5.82 Å². The maximum absolute atomic E-state index is 4.78. The van der Waals surface area contributed by atoms with Crippen LogP contribution in [0.25, 0.3) is 22.4 Å². The molecule has 0 bridgehead atoms. The molecule has 0 spiro atoms. The summed E-state index contributed by atoms with van der Waals surface area (Å²) in [7, 11) is 0. The van der Waals surface area contributed by atoms with Crippen LogP contribution in [-0.2, 0) is 6.54 Å². The Morgan fingerprint density at radius 2 is 1.88 bits per heavy atom. The molecule has 8 heteroatoms. The molecular weight excluding hydrogens is 400 g/mol. The molecule has 1 N–H and O–H groups in total. The second-order valence-electron chi connectivity index (χ2n) is 8.37. The molecule has 8 nitrogen and oxygen atoms in total. The molecule has 0 aromatic carbocycles. The third kappa shape index (κ3) is 4.12. The predicted molar refractivity (Wildman–Crippen MR) is 124 cm³/mol. The van der Waals surface area contributed by atoms with Crippen molar-refractivity contribution in [3.63, 3.8) is 0 Å². The number of hydrogen-bond donors (Lipinski definition) is 1. The van der Waals surface area contributed by atoms with Crippen LogP contribution < -0.4 is 5.32 Å². The fraction of sp³-hybridized carbons (Fsp3) is 0.375. The Morgan fingerprint density at radius 3 is 2.62 bits per heavy atom. The number of nitrogens with one attached hydrogen (secondary N) is 1. The van der Waals surface area contributed by atoms with Gasteiger partial charge in [0.1, 0.15) is 5.82 Å². The minimum Gasteiger partial charge on any atom is -0.368 e. The van der Waals surface area contributed by atoms with E-state index in [4.69, 9.17) is 5.10 Å². The zero-order valence-electron chi connectivity index (χ0n) is 18.6. The third-order valence-electron chi connectivity index (χ3n) is 6.22. The van der Waals surface area contributed by atoms with E-state index in [-0.39, 0.29) is 0 Å². The highest BCUT2D eigenvalue weighted by molar-refractivity contribution is 5.67. The minimum atomic E-state index is 0.552. The van der Waals surface area contributed by atoms with Crippen LogP contribution in [-0.4, -0.2) is 41.1 Å². The summed E-state index contributed by atoms with van der Waals surface area (Å²) in [6, 6.07) is 4.52. The topological polar surface area (TPSA) is 86.3 Å². The van der Waals surface area contributed by atoms with E-state index in [2.05, 4.69) is 54.8 Å². The van der Waals surface area contributed by atoms with Gasteiger partial charge in [-0.25, -0.2) is 4.98 Å². The molecule has 0 saturated heterocycles. The van der Waals surface area contributed by atoms with Gasteiger partial charge in [0.15, 0.2) is 0 Å². The Hall–Kier alpha value is -3.55. The highest BCUT2D eigenvalue weighted by Gasteiger charge is 2.20. The number of anilines is 1. The van der Waals surface area contributed by atoms with E-state index in [0.717, 1.165) is 41.4 Å². The highest BCUT2D eigenvalue weighted by Crippen LogP contribution is 2.32. The van der Waals surface area contributed by atoms with Gasteiger partial charge in [0, 0.05) is 53.7 Å². The van der Waals surface area contributed by atoms with Gasteiger partial charge in [-0.2, -0.15) is 10.2 Å². The van der Waals surface area contributed by atoms with Gasteiger partial charge in [0.2, 0.25) is 0 Å². The lowest BCUT2D eigenvalue weighted by atomic mass is 10.1. The number of rotatable bonds is 7. The van der Waals surface area contributed by atoms with Crippen LogP contribution >= 0.6 is 0 Å². The first kappa shape index (κ1) is 20.4. The summed E-state index contributed by atoms with van der Waals surface area (Å²) in [4.78, 5) is 12.9. The first-order chi connectivity index (χ1) is 15.7. The molecule has 1 aliphatic rings. The Morgan fingerprint density at radius 1 is 1.00 bits per heavy atom. The summed E-state index contributed by atoms with van der Waals surface area (Å²) in [5, 5.41) is 12.8. The van der Waals surface area contributed by atoms with Crippen molar-refractivity contribution in [1.29, 1.82) is 0 Å². The zero-order chi connectivity index (χ0) is 21.9. The minimum absolute atomic E-state index is 0.552. The Balaban J connectivity index is 1.23. The van der Waals surface area contributed by atoms with E-state index < -0.39 is 0 Å². The molecule has 0 atom stereocenters. The lowest BCUT2D eigenvalue weighted by Gasteiger charge is -2.09. The molecule has 164 valence electrons. The van der Waals surface area contributed by atoms with Gasteiger partial charge >= 0.3 is 0 Å². The van der Waals surface area contributed by atoms with Crippen molar-refractivity contribution < 1.29 is 0 Å². The molecule has 0 aliphatic heterocycles. The molecule has 5 rings (SSSR count). The number of hydrogen-bond acceptors (Lipinski definition) is 6. The molecule has 4 aromatic rings. The average molecular weight is 429 g/mol. The van der Waals surface area contributed by atoms with Crippen molar-refractivity contribution in [2.45, 2.75) is 52.1 Å². The van der Waals surface area contributed by atoms with E-state index in [1.807, 2.05) is 24.5 Å². The third-order valence-corrected chi connectivity index (χ3v) is 6.22. The summed E-state index contributed by atoms with van der Waals surface area (Å²) in [6.07, 6.45) is 16.2.